The van der Waals surface area contributed by atoms with Crippen LogP contribution in [0.25, 0.3) is 66.2 Å². The third-order valence-corrected chi connectivity index (χ3v) is 13.5. The predicted octanol–water partition coefficient (Wildman–Crippen LogP) is 16.9. The van der Waals surface area contributed by atoms with Crippen molar-refractivity contribution in [3.8, 4) is 34.1 Å². The number of pyridine rings is 1. The fourth-order valence-electron chi connectivity index (χ4n) is 10.0. The zero-order valence-electron chi connectivity index (χ0n) is 47.4. The Kier molecular flexibility index (Phi) is 7.95. The second-order valence-corrected chi connectivity index (χ2v) is 20.0. The summed E-state index contributed by atoms with van der Waals surface area (Å²) in [6, 6.07) is 50.9. The number of ether oxygens (including phenoxy) is 1. The fourth-order valence-corrected chi connectivity index (χ4v) is 10.0. The number of anilines is 4. The smallest absolute Gasteiger partial charge is 0.137 e. The van der Waals surface area contributed by atoms with Crippen LogP contribution in [0.1, 0.15) is 69.2 Å². The maximum absolute atomic E-state index is 8.79. The molecule has 12 rings (SSSR count). The lowest BCUT2D eigenvalue weighted by atomic mass is 9.80. The number of hydrogen-bond donors (Lipinski definition) is 0. The molecule has 0 N–H and O–H groups in total. The summed E-state index contributed by atoms with van der Waals surface area (Å²) in [7, 11) is 0. The van der Waals surface area contributed by atoms with Crippen LogP contribution < -0.4 is 14.5 Å². The summed E-state index contributed by atoms with van der Waals surface area (Å²) in [6.07, 6.45) is 1.31. The third-order valence-electron chi connectivity index (χ3n) is 13.5. The van der Waals surface area contributed by atoms with E-state index in [4.69, 9.17) is 20.7 Å². The van der Waals surface area contributed by atoms with E-state index in [9.17, 15) is 0 Å². The lowest BCUT2D eigenvalue weighted by Crippen LogP contribution is -2.25. The molecule has 3 aromatic heterocycles. The maximum atomic E-state index is 8.79. The molecule has 0 atom stereocenters. The Bertz CT molecular complexity index is 4110. The van der Waals surface area contributed by atoms with Gasteiger partial charge in [0.2, 0.25) is 0 Å². The van der Waals surface area contributed by atoms with Crippen LogP contribution in [0.4, 0.5) is 22.7 Å². The van der Waals surface area contributed by atoms with Crippen molar-refractivity contribution in [3.05, 3.63) is 211 Å². The highest BCUT2D eigenvalue weighted by atomic mass is 16.5. The van der Waals surface area contributed by atoms with Crippen molar-refractivity contribution < 1.29 is 15.7 Å². The number of aryl methyl sites for hydroxylation is 1. The Hall–Kier alpha value is -8.09. The number of aromatic nitrogens is 3. The Labute approximate surface area is 415 Å². The van der Waals surface area contributed by atoms with Crippen LogP contribution in [0, 0.1) is 6.85 Å². The Balaban J connectivity index is 1.04. The van der Waals surface area contributed by atoms with E-state index in [0.29, 0.717) is 23.7 Å². The van der Waals surface area contributed by atoms with E-state index >= 15 is 0 Å². The minimum atomic E-state index is -2.78. The molecule has 6 nitrogen and oxygen atoms in total. The first-order chi connectivity index (χ1) is 36.7. The highest BCUT2D eigenvalue weighted by molar-refractivity contribution is 6.16. The van der Waals surface area contributed by atoms with E-state index in [2.05, 4.69) is 141 Å². The molecule has 0 bridgehead atoms. The summed E-state index contributed by atoms with van der Waals surface area (Å²) in [5.41, 5.74) is 10.4. The Morgan fingerprint density at radius 3 is 1.75 bits per heavy atom. The van der Waals surface area contributed by atoms with Gasteiger partial charge in [-0.3, -0.25) is 4.57 Å². The van der Waals surface area contributed by atoms with Crippen LogP contribution >= 0.6 is 0 Å². The topological polar surface area (TPSA) is 38.5 Å². The van der Waals surface area contributed by atoms with Crippen molar-refractivity contribution in [1.82, 2.24) is 14.1 Å². The lowest BCUT2D eigenvalue weighted by Gasteiger charge is -2.29. The van der Waals surface area contributed by atoms with Gasteiger partial charge in [0.05, 0.1) is 46.0 Å². The average molecular weight is 906 g/mol. The number of rotatable bonds is 7. The molecule has 6 heteroatoms. The second-order valence-electron chi connectivity index (χ2n) is 20.0. The van der Waals surface area contributed by atoms with Crippen LogP contribution in [0.5, 0.6) is 11.5 Å². The van der Waals surface area contributed by atoms with Gasteiger partial charge in [-0.15, -0.1) is 0 Å². The van der Waals surface area contributed by atoms with Gasteiger partial charge in [-0.05, 0) is 101 Å². The van der Waals surface area contributed by atoms with Crippen LogP contribution in [-0.4, -0.2) is 20.8 Å². The summed E-state index contributed by atoms with van der Waals surface area (Å²) >= 11 is 0. The molecule has 0 radical (unpaired) electrons. The molecule has 1 aliphatic rings. The van der Waals surface area contributed by atoms with E-state index in [-0.39, 0.29) is 33.3 Å². The first kappa shape index (κ1) is 34.2. The summed E-state index contributed by atoms with van der Waals surface area (Å²) in [5.74, 6) is 1.37. The first-order valence-electron chi connectivity index (χ1n) is 27.4. The number of hydrogen-bond acceptors (Lipinski definition) is 4. The van der Waals surface area contributed by atoms with Crippen LogP contribution in [-0.2, 0) is 10.8 Å². The van der Waals surface area contributed by atoms with Gasteiger partial charge in [0, 0.05) is 67.0 Å². The van der Waals surface area contributed by atoms with Gasteiger partial charge in [-0.1, -0.05) is 151 Å². The number of para-hydroxylation sites is 5. The van der Waals surface area contributed by atoms with Gasteiger partial charge in [0.15, 0.2) is 0 Å². The van der Waals surface area contributed by atoms with Gasteiger partial charge >= 0.3 is 0 Å². The largest absolute Gasteiger partial charge is 0.457 e. The molecule has 0 fully saturated rings. The molecule has 0 unspecified atom stereocenters. The zero-order chi connectivity index (χ0) is 54.0. The number of nitrogens with zero attached hydrogens (tertiary/aromatic N) is 5. The molecule has 0 saturated carbocycles. The van der Waals surface area contributed by atoms with Gasteiger partial charge in [-0.25, -0.2) is 4.98 Å². The summed E-state index contributed by atoms with van der Waals surface area (Å²) in [5, 5.41) is 3.88. The maximum Gasteiger partial charge on any atom is 0.137 e. The lowest BCUT2D eigenvalue weighted by molar-refractivity contribution is 0.483. The SMILES string of the molecule is [2H]c1c([2H])c([2H])c(-c2cnc(-n3c4ccccc4c4c(-n5c6ccccc6c6ccccc65)cc(Oc5cccc(N6CN(c7cc(C(C)(C)C)cc(C(C)(C)C)c7)c7ccccc76)c5)cc43)cc2C([2H])([2H])[2H])c([2H])c1[2H]. The highest BCUT2D eigenvalue weighted by Crippen LogP contribution is 2.48. The Morgan fingerprint density at radius 1 is 0.522 bits per heavy atom. The molecule has 0 amide bonds. The molecule has 4 heterocycles. The predicted molar refractivity (Wildman–Crippen MR) is 289 cm³/mol. The quantitative estimate of drug-likeness (QED) is 0.160. The molecule has 0 saturated heterocycles. The number of fused-ring (bicyclic) bond motifs is 7. The van der Waals surface area contributed by atoms with Crippen LogP contribution in [0.15, 0.2) is 194 Å². The monoisotopic (exact) mass is 905 g/mol. The van der Waals surface area contributed by atoms with E-state index in [1.165, 1.54) is 23.4 Å². The molecule has 8 aromatic carbocycles. The second kappa shape index (κ2) is 16.0. The molecule has 338 valence electrons. The van der Waals surface area contributed by atoms with Gasteiger partial charge in [0.1, 0.15) is 24.0 Å². The fraction of sp³-hybridized carbons (Fsp3) is 0.159. The van der Waals surface area contributed by atoms with Gasteiger partial charge < -0.3 is 19.1 Å². The van der Waals surface area contributed by atoms with Crippen molar-refractivity contribution in [1.29, 1.82) is 0 Å². The highest BCUT2D eigenvalue weighted by Gasteiger charge is 2.31. The minimum Gasteiger partial charge on any atom is -0.457 e. The van der Waals surface area contributed by atoms with Crippen molar-refractivity contribution in [2.24, 2.45) is 0 Å². The number of benzene rings is 8. The molecule has 11 aromatic rings. The van der Waals surface area contributed by atoms with Crippen LogP contribution in [0.3, 0.4) is 0 Å². The zero-order valence-corrected chi connectivity index (χ0v) is 39.4. The molecule has 0 aliphatic carbocycles. The van der Waals surface area contributed by atoms with Crippen molar-refractivity contribution in [2.45, 2.75) is 59.2 Å². The van der Waals surface area contributed by atoms with E-state index in [1.807, 2.05) is 71.3 Å². The van der Waals surface area contributed by atoms with E-state index in [0.717, 1.165) is 66.5 Å². The third kappa shape index (κ3) is 7.21. The molecule has 0 spiro atoms. The van der Waals surface area contributed by atoms with E-state index in [1.54, 1.807) is 0 Å². The van der Waals surface area contributed by atoms with Gasteiger partial charge in [-0.2, -0.15) is 0 Å². The first-order valence-corrected chi connectivity index (χ1v) is 23.4. The minimum absolute atomic E-state index is 0.0569. The summed E-state index contributed by atoms with van der Waals surface area (Å²) in [6.45, 7) is 11.4. The Morgan fingerprint density at radius 2 is 1.12 bits per heavy atom. The summed E-state index contributed by atoms with van der Waals surface area (Å²) < 4.78 is 80.2. The van der Waals surface area contributed by atoms with Crippen molar-refractivity contribution >= 4 is 66.4 Å². The van der Waals surface area contributed by atoms with E-state index < -0.39 is 37.1 Å². The molecular formula is C63H55N5O. The normalized spacial score (nSPS) is 14.9. The average Bonchev–Trinajstić information content (AvgIpc) is 4.08. The van der Waals surface area contributed by atoms with Crippen molar-refractivity contribution in [2.75, 3.05) is 16.5 Å². The molecule has 69 heavy (non-hydrogen) atoms. The van der Waals surface area contributed by atoms with Crippen LogP contribution in [0.2, 0.25) is 0 Å². The molecule has 1 aliphatic heterocycles. The van der Waals surface area contributed by atoms with Gasteiger partial charge in [0.25, 0.3) is 0 Å². The standard InChI is InChI=1S/C63H55N5O/c1-41-32-60(64-39-52(41)42-20-9-8-10-21-42)68-55-29-16-13-26-51(55)61-58(67-53-27-14-11-24-49(53)50-25-12-15-28-54(50)67)37-48(38-59(61)68)69-47-23-19-22-45(36-47)65-40-66(57-31-18-17-30-56(57)65)46-34-43(62(2,3)4)33-44(35-46)63(5,6)7/h8-39H,40H2,1-7H3/i1D3,8D,9D,10D,20D,21D. The molecular weight excluding hydrogens is 843 g/mol. The summed E-state index contributed by atoms with van der Waals surface area (Å²) in [4.78, 5) is 9.60. The van der Waals surface area contributed by atoms with Crippen molar-refractivity contribution in [3.63, 3.8) is 0 Å².